The van der Waals surface area contributed by atoms with Gasteiger partial charge in [-0.25, -0.2) is 4.98 Å². The van der Waals surface area contributed by atoms with E-state index in [-0.39, 0.29) is 12.3 Å². The lowest BCUT2D eigenvalue weighted by Crippen LogP contribution is -2.49. The number of amides is 1. The van der Waals surface area contributed by atoms with Crippen molar-refractivity contribution in [2.45, 2.75) is 19.0 Å². The third kappa shape index (κ3) is 5.18. The van der Waals surface area contributed by atoms with Gasteiger partial charge in [0.1, 0.15) is 5.82 Å². The van der Waals surface area contributed by atoms with E-state index in [2.05, 4.69) is 15.1 Å². The summed E-state index contributed by atoms with van der Waals surface area (Å²) >= 11 is 5.88. The summed E-state index contributed by atoms with van der Waals surface area (Å²) in [5.41, 5.74) is -0.0148. The number of piperazine rings is 1. The SMILES string of the molecule is O=C(CCc1nc(-c2ccc(Cl)cc2)no1)N1CCN(c2ccc(C(F)(F)F)cn2)CC1. The first-order chi connectivity index (χ1) is 15.3. The molecule has 4 rings (SSSR count). The van der Waals surface area contributed by atoms with Crippen molar-refractivity contribution in [3.05, 3.63) is 59.1 Å². The van der Waals surface area contributed by atoms with Crippen molar-refractivity contribution in [1.82, 2.24) is 20.0 Å². The fourth-order valence-electron chi connectivity index (χ4n) is 3.37. The zero-order valence-corrected chi connectivity index (χ0v) is 17.6. The fraction of sp³-hybridized carbons (Fsp3) is 0.333. The molecule has 1 fully saturated rings. The van der Waals surface area contributed by atoms with Gasteiger partial charge in [-0.3, -0.25) is 4.79 Å². The second kappa shape index (κ2) is 9.15. The minimum atomic E-state index is -4.41. The Balaban J connectivity index is 1.26. The molecule has 1 aromatic carbocycles. The van der Waals surface area contributed by atoms with Crippen LogP contribution in [-0.4, -0.2) is 52.1 Å². The van der Waals surface area contributed by atoms with Gasteiger partial charge in [-0.05, 0) is 36.4 Å². The van der Waals surface area contributed by atoms with E-state index in [1.165, 1.54) is 6.07 Å². The molecule has 0 unspecified atom stereocenters. The van der Waals surface area contributed by atoms with Gasteiger partial charge in [0.25, 0.3) is 0 Å². The zero-order chi connectivity index (χ0) is 22.7. The number of rotatable bonds is 5. The van der Waals surface area contributed by atoms with E-state index in [0.717, 1.165) is 17.8 Å². The molecule has 0 N–H and O–H groups in total. The quantitative estimate of drug-likeness (QED) is 0.565. The number of alkyl halides is 3. The lowest BCUT2D eigenvalue weighted by Gasteiger charge is -2.35. The molecule has 0 radical (unpaired) electrons. The number of benzene rings is 1. The van der Waals surface area contributed by atoms with Crippen LogP contribution in [0.5, 0.6) is 0 Å². The second-order valence-electron chi connectivity index (χ2n) is 7.29. The van der Waals surface area contributed by atoms with Crippen LogP contribution in [0.15, 0.2) is 47.1 Å². The predicted molar refractivity (Wildman–Crippen MR) is 111 cm³/mol. The van der Waals surface area contributed by atoms with E-state index < -0.39 is 11.7 Å². The Kier molecular flexibility index (Phi) is 6.31. The Bertz CT molecular complexity index is 1060. The lowest BCUT2D eigenvalue weighted by atomic mass is 10.2. The Hall–Kier alpha value is -3.14. The Morgan fingerprint density at radius 3 is 2.41 bits per heavy atom. The van der Waals surface area contributed by atoms with E-state index in [4.69, 9.17) is 16.1 Å². The zero-order valence-electron chi connectivity index (χ0n) is 16.8. The summed E-state index contributed by atoms with van der Waals surface area (Å²) in [7, 11) is 0. The molecule has 32 heavy (non-hydrogen) atoms. The maximum atomic E-state index is 12.7. The highest BCUT2D eigenvalue weighted by molar-refractivity contribution is 6.30. The number of hydrogen-bond donors (Lipinski definition) is 0. The maximum Gasteiger partial charge on any atom is 0.417 e. The molecule has 0 aliphatic carbocycles. The van der Waals surface area contributed by atoms with Gasteiger partial charge in [-0.1, -0.05) is 16.8 Å². The molecule has 0 spiro atoms. The average Bonchev–Trinajstić information content (AvgIpc) is 3.27. The molecule has 1 aliphatic heterocycles. The molecule has 1 amide bonds. The Morgan fingerprint density at radius 1 is 1.06 bits per heavy atom. The van der Waals surface area contributed by atoms with Crippen LogP contribution in [0.2, 0.25) is 5.02 Å². The number of nitrogens with zero attached hydrogens (tertiary/aromatic N) is 5. The standard InChI is InChI=1S/C21H19ClF3N5O2/c22-16-4-1-14(2-5-16)20-27-18(32-28-20)7-8-19(31)30-11-9-29(10-12-30)17-6-3-15(13-26-17)21(23,24)25/h1-6,13H,7-12H2. The molecule has 168 valence electrons. The summed E-state index contributed by atoms with van der Waals surface area (Å²) in [6, 6.07) is 9.41. The van der Waals surface area contributed by atoms with E-state index in [1.807, 2.05) is 4.90 Å². The smallest absolute Gasteiger partial charge is 0.353 e. The Morgan fingerprint density at radius 2 is 1.78 bits per heavy atom. The summed E-state index contributed by atoms with van der Waals surface area (Å²) in [5.74, 6) is 1.22. The van der Waals surface area contributed by atoms with E-state index in [1.54, 1.807) is 29.2 Å². The molecule has 3 heterocycles. The number of halogens is 4. The molecule has 0 bridgehead atoms. The van der Waals surface area contributed by atoms with Gasteiger partial charge in [0, 0.05) is 55.8 Å². The maximum absolute atomic E-state index is 12.7. The molecule has 7 nitrogen and oxygen atoms in total. The van der Waals surface area contributed by atoms with Crippen molar-refractivity contribution in [2.75, 3.05) is 31.1 Å². The molecule has 1 aliphatic rings. The lowest BCUT2D eigenvalue weighted by molar-refractivity contribution is -0.137. The Labute approximate surface area is 186 Å². The average molecular weight is 466 g/mol. The molecule has 0 atom stereocenters. The molecular weight excluding hydrogens is 447 g/mol. The number of carbonyl (C=O) groups is 1. The summed E-state index contributed by atoms with van der Waals surface area (Å²) in [6.07, 6.45) is -3.04. The van der Waals surface area contributed by atoms with Gasteiger partial charge in [0.2, 0.25) is 17.6 Å². The third-order valence-corrected chi connectivity index (χ3v) is 5.41. The van der Waals surface area contributed by atoms with E-state index in [0.29, 0.717) is 55.2 Å². The first kappa shape index (κ1) is 22.1. The summed E-state index contributed by atoms with van der Waals surface area (Å²) < 4.78 is 43.3. The molecule has 2 aromatic heterocycles. The molecular formula is C21H19ClF3N5O2. The van der Waals surface area contributed by atoms with Crippen LogP contribution in [0.4, 0.5) is 19.0 Å². The number of anilines is 1. The number of aryl methyl sites for hydroxylation is 1. The highest BCUT2D eigenvalue weighted by Crippen LogP contribution is 2.29. The van der Waals surface area contributed by atoms with Gasteiger partial charge in [-0.2, -0.15) is 18.2 Å². The van der Waals surface area contributed by atoms with Gasteiger partial charge in [-0.15, -0.1) is 0 Å². The normalized spacial score (nSPS) is 14.6. The highest BCUT2D eigenvalue weighted by Gasteiger charge is 2.31. The van der Waals surface area contributed by atoms with Crippen LogP contribution in [0, 0.1) is 0 Å². The third-order valence-electron chi connectivity index (χ3n) is 5.15. The number of aromatic nitrogens is 3. The molecule has 3 aromatic rings. The topological polar surface area (TPSA) is 75.4 Å². The van der Waals surface area contributed by atoms with Crippen molar-refractivity contribution >= 4 is 23.3 Å². The predicted octanol–water partition coefficient (Wildman–Crippen LogP) is 4.09. The van der Waals surface area contributed by atoms with E-state index >= 15 is 0 Å². The van der Waals surface area contributed by atoms with Crippen molar-refractivity contribution < 1.29 is 22.5 Å². The van der Waals surface area contributed by atoms with Crippen molar-refractivity contribution in [2.24, 2.45) is 0 Å². The van der Waals surface area contributed by atoms with Gasteiger partial charge >= 0.3 is 6.18 Å². The van der Waals surface area contributed by atoms with Gasteiger partial charge in [0.15, 0.2) is 0 Å². The van der Waals surface area contributed by atoms with Gasteiger partial charge < -0.3 is 14.3 Å². The van der Waals surface area contributed by atoms with Crippen LogP contribution in [0.25, 0.3) is 11.4 Å². The number of pyridine rings is 1. The minimum Gasteiger partial charge on any atom is -0.353 e. The summed E-state index contributed by atoms with van der Waals surface area (Å²) in [6.45, 7) is 1.90. The largest absolute Gasteiger partial charge is 0.417 e. The molecule has 0 saturated carbocycles. The van der Waals surface area contributed by atoms with Crippen LogP contribution < -0.4 is 4.90 Å². The first-order valence-electron chi connectivity index (χ1n) is 9.94. The van der Waals surface area contributed by atoms with Crippen molar-refractivity contribution in [3.63, 3.8) is 0 Å². The van der Waals surface area contributed by atoms with Crippen LogP contribution >= 0.6 is 11.6 Å². The van der Waals surface area contributed by atoms with Crippen molar-refractivity contribution in [1.29, 1.82) is 0 Å². The van der Waals surface area contributed by atoms with Crippen LogP contribution in [0.1, 0.15) is 17.9 Å². The summed E-state index contributed by atoms with van der Waals surface area (Å²) in [5, 5.41) is 4.54. The fourth-order valence-corrected chi connectivity index (χ4v) is 3.50. The monoisotopic (exact) mass is 465 g/mol. The van der Waals surface area contributed by atoms with Gasteiger partial charge in [0.05, 0.1) is 5.56 Å². The van der Waals surface area contributed by atoms with E-state index in [9.17, 15) is 18.0 Å². The minimum absolute atomic E-state index is 0.0451. The van der Waals surface area contributed by atoms with Crippen molar-refractivity contribution in [3.8, 4) is 11.4 Å². The number of hydrogen-bond acceptors (Lipinski definition) is 6. The number of carbonyl (C=O) groups excluding carboxylic acids is 1. The highest BCUT2D eigenvalue weighted by atomic mass is 35.5. The first-order valence-corrected chi connectivity index (χ1v) is 10.3. The van der Waals surface area contributed by atoms with Crippen LogP contribution in [0.3, 0.4) is 0 Å². The second-order valence-corrected chi connectivity index (χ2v) is 7.73. The summed E-state index contributed by atoms with van der Waals surface area (Å²) in [4.78, 5) is 24.4. The molecule has 1 saturated heterocycles. The molecule has 11 heteroatoms. The van der Waals surface area contributed by atoms with Crippen LogP contribution in [-0.2, 0) is 17.4 Å².